The second kappa shape index (κ2) is 12.5. The lowest BCUT2D eigenvalue weighted by atomic mass is 9.64. The molecule has 2 fully saturated rings. The van der Waals surface area contributed by atoms with E-state index in [-0.39, 0.29) is 24.0 Å². The van der Waals surface area contributed by atoms with Gasteiger partial charge in [0.05, 0.1) is 0 Å². The van der Waals surface area contributed by atoms with Gasteiger partial charge in [-0.1, -0.05) is 34.1 Å². The molecule has 0 aromatic carbocycles. The van der Waals surface area contributed by atoms with Crippen LogP contribution in [0.4, 0.5) is 0 Å². The molecule has 1 atom stereocenters. The average molecular weight is 494 g/mol. The van der Waals surface area contributed by atoms with E-state index in [1.165, 1.54) is 65.0 Å². The molecule has 5 nitrogen and oxygen atoms in total. The van der Waals surface area contributed by atoms with Crippen LogP contribution in [0.2, 0.25) is 0 Å². The summed E-state index contributed by atoms with van der Waals surface area (Å²) in [5, 5.41) is 7.16. The number of hydrogen-bond acceptors (Lipinski definition) is 3. The zero-order valence-electron chi connectivity index (χ0n) is 18.4. The summed E-state index contributed by atoms with van der Waals surface area (Å²) in [7, 11) is 1.89. The second-order valence-electron chi connectivity index (χ2n) is 9.10. The van der Waals surface area contributed by atoms with Crippen molar-refractivity contribution in [3.63, 3.8) is 0 Å². The van der Waals surface area contributed by atoms with Gasteiger partial charge in [0.25, 0.3) is 0 Å². The number of likely N-dealkylation sites (N-methyl/N-ethyl adjacent to an activating group) is 1. The number of nitrogens with zero attached hydrogens (tertiary/aromatic N) is 3. The minimum Gasteiger partial charge on any atom is -0.356 e. The Morgan fingerprint density at radius 2 is 1.67 bits per heavy atom. The summed E-state index contributed by atoms with van der Waals surface area (Å²) in [6.45, 7) is 18.6. The van der Waals surface area contributed by atoms with Crippen molar-refractivity contribution < 1.29 is 0 Å². The Kier molecular flexibility index (Phi) is 11.5. The lowest BCUT2D eigenvalue weighted by molar-refractivity contribution is 0.104. The number of aliphatic imine (C=N–C) groups is 1. The van der Waals surface area contributed by atoms with Gasteiger partial charge in [0.2, 0.25) is 0 Å². The standard InChI is InChI=1S/C21H43N5.HI/c1-6-25-10-12-26(13-11-25)16-19(4)15-23-20(22-5)24-17-21(8-7-9-21)14-18(2)3;/h18-19H,6-17H2,1-5H3,(H2,22,23,24);1H. The summed E-state index contributed by atoms with van der Waals surface area (Å²) in [4.78, 5) is 9.59. The number of rotatable bonds is 9. The van der Waals surface area contributed by atoms with E-state index in [9.17, 15) is 0 Å². The summed E-state index contributed by atoms with van der Waals surface area (Å²) in [6.07, 6.45) is 5.46. The maximum atomic E-state index is 4.44. The van der Waals surface area contributed by atoms with Gasteiger partial charge in [0, 0.05) is 52.9 Å². The Bertz CT molecular complexity index is 428. The Labute approximate surface area is 185 Å². The molecule has 6 heteroatoms. The van der Waals surface area contributed by atoms with E-state index in [0.717, 1.165) is 25.0 Å². The fraction of sp³-hybridized carbons (Fsp3) is 0.952. The maximum Gasteiger partial charge on any atom is 0.191 e. The van der Waals surface area contributed by atoms with Gasteiger partial charge in [0.15, 0.2) is 5.96 Å². The quantitative estimate of drug-likeness (QED) is 0.294. The molecule has 1 aliphatic heterocycles. The van der Waals surface area contributed by atoms with Gasteiger partial charge in [-0.3, -0.25) is 4.99 Å². The summed E-state index contributed by atoms with van der Waals surface area (Å²) in [5.41, 5.74) is 0.510. The Hall–Kier alpha value is -0.0800. The van der Waals surface area contributed by atoms with Gasteiger partial charge in [-0.15, -0.1) is 24.0 Å². The highest BCUT2D eigenvalue weighted by atomic mass is 127. The third-order valence-electron chi connectivity index (χ3n) is 6.21. The molecule has 0 bridgehead atoms. The van der Waals surface area contributed by atoms with E-state index < -0.39 is 0 Å². The highest BCUT2D eigenvalue weighted by Crippen LogP contribution is 2.45. The summed E-state index contributed by atoms with van der Waals surface area (Å²) < 4.78 is 0. The van der Waals surface area contributed by atoms with Crippen LogP contribution in [-0.4, -0.2) is 75.2 Å². The van der Waals surface area contributed by atoms with Crippen molar-refractivity contribution in [2.75, 3.05) is 59.4 Å². The molecule has 0 radical (unpaired) electrons. The van der Waals surface area contributed by atoms with Gasteiger partial charge in [-0.05, 0) is 43.1 Å². The molecule has 1 aliphatic carbocycles. The van der Waals surface area contributed by atoms with E-state index in [4.69, 9.17) is 0 Å². The van der Waals surface area contributed by atoms with Crippen LogP contribution >= 0.6 is 24.0 Å². The van der Waals surface area contributed by atoms with Crippen LogP contribution in [0.1, 0.15) is 53.4 Å². The number of guanidine groups is 1. The third kappa shape index (κ3) is 8.44. The Morgan fingerprint density at radius 3 is 2.15 bits per heavy atom. The normalized spacial score (nSPS) is 22.1. The van der Waals surface area contributed by atoms with Crippen LogP contribution < -0.4 is 10.6 Å². The summed E-state index contributed by atoms with van der Waals surface area (Å²) in [6, 6.07) is 0. The monoisotopic (exact) mass is 493 g/mol. The van der Waals surface area contributed by atoms with Crippen LogP contribution in [0.3, 0.4) is 0 Å². The molecule has 1 heterocycles. The van der Waals surface area contributed by atoms with E-state index in [0.29, 0.717) is 11.3 Å². The van der Waals surface area contributed by atoms with Crippen LogP contribution in [-0.2, 0) is 0 Å². The third-order valence-corrected chi connectivity index (χ3v) is 6.21. The minimum absolute atomic E-state index is 0. The molecule has 2 rings (SSSR count). The predicted molar refractivity (Wildman–Crippen MR) is 128 cm³/mol. The highest BCUT2D eigenvalue weighted by Gasteiger charge is 2.37. The van der Waals surface area contributed by atoms with Crippen molar-refractivity contribution in [3.8, 4) is 0 Å². The fourth-order valence-corrected chi connectivity index (χ4v) is 4.55. The summed E-state index contributed by atoms with van der Waals surface area (Å²) in [5.74, 6) is 2.39. The zero-order chi connectivity index (χ0) is 19.0. The van der Waals surface area contributed by atoms with E-state index in [1.807, 2.05) is 7.05 Å². The van der Waals surface area contributed by atoms with Crippen LogP contribution in [0.25, 0.3) is 0 Å². The first kappa shape index (κ1) is 25.0. The molecule has 160 valence electrons. The van der Waals surface area contributed by atoms with Crippen LogP contribution in [0.5, 0.6) is 0 Å². The molecule has 1 saturated heterocycles. The molecule has 0 aromatic heterocycles. The highest BCUT2D eigenvalue weighted by molar-refractivity contribution is 14.0. The smallest absolute Gasteiger partial charge is 0.191 e. The number of hydrogen-bond donors (Lipinski definition) is 2. The molecule has 1 unspecified atom stereocenters. The predicted octanol–water partition coefficient (Wildman–Crippen LogP) is 3.26. The van der Waals surface area contributed by atoms with E-state index in [1.54, 1.807) is 0 Å². The van der Waals surface area contributed by atoms with Gasteiger partial charge in [-0.25, -0.2) is 0 Å². The Morgan fingerprint density at radius 1 is 1.04 bits per heavy atom. The van der Waals surface area contributed by atoms with Crippen molar-refractivity contribution in [3.05, 3.63) is 0 Å². The number of piperazine rings is 1. The molecular formula is C21H44IN5. The zero-order valence-corrected chi connectivity index (χ0v) is 20.7. The maximum absolute atomic E-state index is 4.44. The van der Waals surface area contributed by atoms with Crippen molar-refractivity contribution in [2.45, 2.75) is 53.4 Å². The average Bonchev–Trinajstić information content (AvgIpc) is 2.59. The van der Waals surface area contributed by atoms with Crippen LogP contribution in [0.15, 0.2) is 4.99 Å². The fourth-order valence-electron chi connectivity index (χ4n) is 4.55. The molecule has 0 amide bonds. The molecular weight excluding hydrogens is 449 g/mol. The second-order valence-corrected chi connectivity index (χ2v) is 9.10. The van der Waals surface area contributed by atoms with Gasteiger partial charge in [0.1, 0.15) is 0 Å². The Balaban J connectivity index is 0.00000364. The van der Waals surface area contributed by atoms with E-state index >= 15 is 0 Å². The molecule has 1 saturated carbocycles. The first-order chi connectivity index (χ1) is 12.5. The first-order valence-electron chi connectivity index (χ1n) is 10.9. The summed E-state index contributed by atoms with van der Waals surface area (Å²) >= 11 is 0. The first-order valence-corrected chi connectivity index (χ1v) is 10.9. The lowest BCUT2D eigenvalue weighted by Gasteiger charge is -2.43. The van der Waals surface area contributed by atoms with Gasteiger partial charge >= 0.3 is 0 Å². The molecule has 2 aliphatic rings. The van der Waals surface area contributed by atoms with Crippen LogP contribution in [0, 0.1) is 17.3 Å². The van der Waals surface area contributed by atoms with Gasteiger partial charge < -0.3 is 20.4 Å². The SMILES string of the molecule is CCN1CCN(CC(C)CNC(=NC)NCC2(CC(C)C)CCC2)CC1.I. The molecule has 2 N–H and O–H groups in total. The lowest BCUT2D eigenvalue weighted by Crippen LogP contribution is -2.50. The van der Waals surface area contributed by atoms with E-state index in [2.05, 4.69) is 53.1 Å². The number of halogens is 1. The van der Waals surface area contributed by atoms with Crippen molar-refractivity contribution in [1.29, 1.82) is 0 Å². The molecule has 0 aromatic rings. The molecule has 27 heavy (non-hydrogen) atoms. The van der Waals surface area contributed by atoms with Crippen molar-refractivity contribution in [2.24, 2.45) is 22.2 Å². The minimum atomic E-state index is 0. The van der Waals surface area contributed by atoms with Gasteiger partial charge in [-0.2, -0.15) is 0 Å². The largest absolute Gasteiger partial charge is 0.356 e. The number of nitrogens with one attached hydrogen (secondary N) is 2. The van der Waals surface area contributed by atoms with Crippen molar-refractivity contribution >= 4 is 29.9 Å². The molecule has 0 spiro atoms. The topological polar surface area (TPSA) is 42.9 Å². The van der Waals surface area contributed by atoms with Crippen molar-refractivity contribution in [1.82, 2.24) is 20.4 Å².